The van der Waals surface area contributed by atoms with Crippen LogP contribution in [0.5, 0.6) is 0 Å². The number of alkyl halides is 1. The maximum Gasteiger partial charge on any atom is 0.0396 e. The molecule has 1 aromatic rings. The van der Waals surface area contributed by atoms with Gasteiger partial charge in [-0.05, 0) is 42.4 Å². The zero-order valence-corrected chi connectivity index (χ0v) is 12.6. The quantitative estimate of drug-likeness (QED) is 0.732. The van der Waals surface area contributed by atoms with Crippen LogP contribution in [0.15, 0.2) is 18.2 Å². The average molecular weight is 296 g/mol. The van der Waals surface area contributed by atoms with Gasteiger partial charge in [-0.2, -0.15) is 0 Å². The highest BCUT2D eigenvalue weighted by atomic mass is 79.9. The van der Waals surface area contributed by atoms with Gasteiger partial charge < -0.3 is 4.90 Å². The van der Waals surface area contributed by atoms with Crippen LogP contribution >= 0.6 is 15.9 Å². The molecule has 0 aliphatic carbocycles. The summed E-state index contributed by atoms with van der Waals surface area (Å²) in [6.07, 6.45) is 1.32. The Labute approximate surface area is 113 Å². The van der Waals surface area contributed by atoms with Crippen LogP contribution in [0.2, 0.25) is 0 Å². The lowest BCUT2D eigenvalue weighted by Crippen LogP contribution is -2.38. The second kappa shape index (κ2) is 5.43. The number of hydrogen-bond acceptors (Lipinski definition) is 1. The van der Waals surface area contributed by atoms with Gasteiger partial charge >= 0.3 is 0 Å². The van der Waals surface area contributed by atoms with Crippen LogP contribution in [0.1, 0.15) is 31.4 Å². The van der Waals surface area contributed by atoms with Gasteiger partial charge in [0, 0.05) is 24.1 Å². The molecule has 1 aliphatic heterocycles. The SMILES string of the molecule is Cc1cc(CBr)ccc1N1CCC(C)C(C)C1. The molecule has 1 saturated heterocycles. The van der Waals surface area contributed by atoms with Crippen molar-refractivity contribution < 1.29 is 0 Å². The Balaban J connectivity index is 2.17. The minimum absolute atomic E-state index is 0.805. The third-order valence-electron chi connectivity index (χ3n) is 4.09. The summed E-state index contributed by atoms with van der Waals surface area (Å²) in [7, 11) is 0. The zero-order chi connectivity index (χ0) is 12.4. The number of nitrogens with zero attached hydrogens (tertiary/aromatic N) is 1. The molecule has 0 radical (unpaired) electrons. The number of rotatable bonds is 2. The molecule has 1 fully saturated rings. The molecular weight excluding hydrogens is 274 g/mol. The molecule has 2 rings (SSSR count). The Morgan fingerprint density at radius 3 is 2.65 bits per heavy atom. The molecule has 0 N–H and O–H groups in total. The molecule has 0 bridgehead atoms. The summed E-state index contributed by atoms with van der Waals surface area (Å²) in [5, 5.41) is 0.946. The van der Waals surface area contributed by atoms with Gasteiger partial charge in [0.25, 0.3) is 0 Å². The molecule has 0 spiro atoms. The van der Waals surface area contributed by atoms with Crippen LogP contribution in [0.3, 0.4) is 0 Å². The fraction of sp³-hybridized carbons (Fsp3) is 0.600. The summed E-state index contributed by atoms with van der Waals surface area (Å²) in [6.45, 7) is 9.39. The van der Waals surface area contributed by atoms with Gasteiger partial charge in [-0.3, -0.25) is 0 Å². The van der Waals surface area contributed by atoms with Gasteiger partial charge in [0.2, 0.25) is 0 Å². The summed E-state index contributed by atoms with van der Waals surface area (Å²) >= 11 is 3.52. The van der Waals surface area contributed by atoms with Gasteiger partial charge in [-0.1, -0.05) is 41.9 Å². The Morgan fingerprint density at radius 2 is 2.06 bits per heavy atom. The number of aryl methyl sites for hydroxylation is 1. The second-order valence-electron chi connectivity index (χ2n) is 5.44. The van der Waals surface area contributed by atoms with Crippen molar-refractivity contribution in [2.24, 2.45) is 11.8 Å². The molecule has 1 heterocycles. The van der Waals surface area contributed by atoms with Crippen LogP contribution in [0, 0.1) is 18.8 Å². The van der Waals surface area contributed by atoms with Crippen molar-refractivity contribution in [3.05, 3.63) is 29.3 Å². The van der Waals surface area contributed by atoms with Crippen LogP contribution < -0.4 is 4.90 Å². The van der Waals surface area contributed by atoms with Crippen molar-refractivity contribution in [2.75, 3.05) is 18.0 Å². The fourth-order valence-electron chi connectivity index (χ4n) is 2.64. The van der Waals surface area contributed by atoms with Crippen molar-refractivity contribution in [3.63, 3.8) is 0 Å². The minimum Gasteiger partial charge on any atom is -0.371 e. The highest BCUT2D eigenvalue weighted by molar-refractivity contribution is 9.08. The standard InChI is InChI=1S/C15H22BrN/c1-11-6-7-17(10-13(11)3)15-5-4-14(9-16)8-12(15)2/h4-5,8,11,13H,6-7,9-10H2,1-3H3. The molecule has 0 aromatic heterocycles. The lowest BCUT2D eigenvalue weighted by Gasteiger charge is -2.37. The largest absolute Gasteiger partial charge is 0.371 e. The summed E-state index contributed by atoms with van der Waals surface area (Å²) in [6, 6.07) is 6.82. The van der Waals surface area contributed by atoms with Crippen molar-refractivity contribution in [1.29, 1.82) is 0 Å². The molecule has 1 aromatic carbocycles. The average Bonchev–Trinajstić information content (AvgIpc) is 2.32. The molecule has 1 aliphatic rings. The lowest BCUT2D eigenvalue weighted by molar-refractivity contribution is 0.324. The number of hydrogen-bond donors (Lipinski definition) is 0. The van der Waals surface area contributed by atoms with Gasteiger partial charge in [-0.25, -0.2) is 0 Å². The third-order valence-corrected chi connectivity index (χ3v) is 4.74. The maximum absolute atomic E-state index is 3.52. The van der Waals surface area contributed by atoms with Gasteiger partial charge in [0.15, 0.2) is 0 Å². The predicted molar refractivity (Wildman–Crippen MR) is 79.0 cm³/mol. The van der Waals surface area contributed by atoms with E-state index in [0.29, 0.717) is 0 Å². The van der Waals surface area contributed by atoms with E-state index in [4.69, 9.17) is 0 Å². The van der Waals surface area contributed by atoms with E-state index >= 15 is 0 Å². The van der Waals surface area contributed by atoms with Crippen LogP contribution in [-0.4, -0.2) is 13.1 Å². The zero-order valence-electron chi connectivity index (χ0n) is 11.0. The lowest BCUT2D eigenvalue weighted by atomic mass is 9.88. The van der Waals surface area contributed by atoms with Crippen LogP contribution in [0.25, 0.3) is 0 Å². The molecule has 0 saturated carbocycles. The van der Waals surface area contributed by atoms with E-state index in [1.165, 1.54) is 36.3 Å². The first kappa shape index (κ1) is 12.9. The topological polar surface area (TPSA) is 3.24 Å². The van der Waals surface area contributed by atoms with E-state index in [0.717, 1.165) is 17.2 Å². The first-order valence-corrected chi connectivity index (χ1v) is 7.64. The predicted octanol–water partition coefficient (Wildman–Crippen LogP) is 4.37. The minimum atomic E-state index is 0.805. The number of anilines is 1. The van der Waals surface area contributed by atoms with E-state index < -0.39 is 0 Å². The first-order valence-electron chi connectivity index (χ1n) is 6.52. The Bertz CT molecular complexity index is 389. The smallest absolute Gasteiger partial charge is 0.0396 e. The van der Waals surface area contributed by atoms with E-state index in [1.54, 1.807) is 0 Å². The number of halogens is 1. The Kier molecular flexibility index (Phi) is 4.13. The Morgan fingerprint density at radius 1 is 1.29 bits per heavy atom. The molecule has 2 heteroatoms. The van der Waals surface area contributed by atoms with Crippen molar-refractivity contribution in [3.8, 4) is 0 Å². The highest BCUT2D eigenvalue weighted by Gasteiger charge is 2.23. The summed E-state index contributed by atoms with van der Waals surface area (Å²) in [4.78, 5) is 2.55. The van der Waals surface area contributed by atoms with Crippen molar-refractivity contribution in [2.45, 2.75) is 32.5 Å². The number of piperidine rings is 1. The van der Waals surface area contributed by atoms with Gasteiger partial charge in [-0.15, -0.1) is 0 Å². The molecule has 17 heavy (non-hydrogen) atoms. The second-order valence-corrected chi connectivity index (χ2v) is 6.00. The third kappa shape index (κ3) is 2.85. The summed E-state index contributed by atoms with van der Waals surface area (Å²) < 4.78 is 0. The van der Waals surface area contributed by atoms with Crippen molar-refractivity contribution >= 4 is 21.6 Å². The summed E-state index contributed by atoms with van der Waals surface area (Å²) in [5.74, 6) is 1.67. The number of benzene rings is 1. The summed E-state index contributed by atoms with van der Waals surface area (Å²) in [5.41, 5.74) is 4.20. The molecule has 2 atom stereocenters. The molecule has 2 unspecified atom stereocenters. The molecule has 0 amide bonds. The van der Waals surface area contributed by atoms with E-state index in [2.05, 4.69) is 59.8 Å². The molecule has 1 nitrogen and oxygen atoms in total. The molecular formula is C15H22BrN. The monoisotopic (exact) mass is 295 g/mol. The normalized spacial score (nSPS) is 25.1. The maximum atomic E-state index is 3.52. The molecule has 94 valence electrons. The fourth-order valence-corrected chi connectivity index (χ4v) is 2.99. The van der Waals surface area contributed by atoms with Gasteiger partial charge in [0.05, 0.1) is 0 Å². The highest BCUT2D eigenvalue weighted by Crippen LogP contribution is 2.29. The van der Waals surface area contributed by atoms with E-state index in [9.17, 15) is 0 Å². The van der Waals surface area contributed by atoms with Crippen LogP contribution in [-0.2, 0) is 5.33 Å². The Hall–Kier alpha value is -0.500. The van der Waals surface area contributed by atoms with E-state index in [-0.39, 0.29) is 0 Å². The van der Waals surface area contributed by atoms with Gasteiger partial charge in [0.1, 0.15) is 0 Å². The first-order chi connectivity index (χ1) is 8.11. The van der Waals surface area contributed by atoms with Crippen molar-refractivity contribution in [1.82, 2.24) is 0 Å². The van der Waals surface area contributed by atoms with Crippen LogP contribution in [0.4, 0.5) is 5.69 Å². The van der Waals surface area contributed by atoms with E-state index in [1.807, 2.05) is 0 Å².